The zero-order valence-corrected chi connectivity index (χ0v) is 21.5. The average molecular weight is 513 g/mol. The Morgan fingerprint density at radius 1 is 1.13 bits per heavy atom. The Kier molecular flexibility index (Phi) is 5.66. The molecule has 8 nitrogen and oxygen atoms in total. The normalized spacial score (nSPS) is 17.7. The lowest BCUT2D eigenvalue weighted by atomic mass is 9.82. The van der Waals surface area contributed by atoms with Gasteiger partial charge in [0, 0.05) is 36.1 Å². The molecule has 2 aliphatic rings. The molecule has 1 fully saturated rings. The number of rotatable bonds is 6. The van der Waals surface area contributed by atoms with Crippen LogP contribution in [0.15, 0.2) is 54.7 Å². The van der Waals surface area contributed by atoms with Crippen LogP contribution in [0.1, 0.15) is 51.8 Å². The van der Waals surface area contributed by atoms with Gasteiger partial charge in [-0.05, 0) is 85.5 Å². The van der Waals surface area contributed by atoms with Gasteiger partial charge in [-0.15, -0.1) is 0 Å². The molecule has 2 heterocycles. The van der Waals surface area contributed by atoms with E-state index in [9.17, 15) is 14.0 Å². The fourth-order valence-electron chi connectivity index (χ4n) is 6.06. The largest absolute Gasteiger partial charge is 0.338 e. The van der Waals surface area contributed by atoms with Gasteiger partial charge >= 0.3 is 0 Å². The number of carbonyl (C=O) groups is 2. The summed E-state index contributed by atoms with van der Waals surface area (Å²) in [7, 11) is 1.69. The molecule has 1 unspecified atom stereocenters. The number of aromatic nitrogens is 4. The van der Waals surface area contributed by atoms with Crippen LogP contribution in [0.4, 0.5) is 10.1 Å². The quantitative estimate of drug-likeness (QED) is 0.356. The molecule has 2 amide bonds. The predicted octanol–water partition coefficient (Wildman–Crippen LogP) is 4.42. The third-order valence-electron chi connectivity index (χ3n) is 8.06. The molecule has 0 saturated heterocycles. The van der Waals surface area contributed by atoms with Crippen LogP contribution >= 0.6 is 0 Å². The summed E-state index contributed by atoms with van der Waals surface area (Å²) >= 11 is 0. The van der Waals surface area contributed by atoms with Crippen molar-refractivity contribution in [3.05, 3.63) is 88.8 Å². The molecule has 4 aromatic rings. The topological polar surface area (TPSA) is 105 Å². The maximum atomic E-state index is 14.1. The molecule has 38 heavy (non-hydrogen) atoms. The number of fused-ring (bicyclic) bond motifs is 1. The monoisotopic (exact) mass is 512 g/mol. The smallest absolute Gasteiger partial charge is 0.270 e. The second-order valence-corrected chi connectivity index (χ2v) is 10.5. The molecule has 6 rings (SSSR count). The summed E-state index contributed by atoms with van der Waals surface area (Å²) in [6.45, 7) is 3.92. The van der Waals surface area contributed by atoms with E-state index < -0.39 is 6.04 Å². The average Bonchev–Trinajstić information content (AvgIpc) is 3.21. The molecule has 3 N–H and O–H groups in total. The molecule has 9 heteroatoms. The lowest BCUT2D eigenvalue weighted by Crippen LogP contribution is -2.49. The number of aromatic amines is 1. The van der Waals surface area contributed by atoms with Gasteiger partial charge in [0.15, 0.2) is 0 Å². The van der Waals surface area contributed by atoms with E-state index in [1.54, 1.807) is 31.4 Å². The lowest BCUT2D eigenvalue weighted by Gasteiger charge is -2.29. The minimum Gasteiger partial charge on any atom is -0.338 e. The van der Waals surface area contributed by atoms with E-state index in [0.29, 0.717) is 17.8 Å². The molecular weight excluding hydrogens is 483 g/mol. The van der Waals surface area contributed by atoms with Crippen molar-refractivity contribution in [2.24, 2.45) is 12.5 Å². The highest BCUT2D eigenvalue weighted by Crippen LogP contribution is 2.64. The number of carbonyl (C=O) groups excluding carboxylic acids is 2. The van der Waals surface area contributed by atoms with Crippen LogP contribution in [-0.2, 0) is 18.3 Å². The van der Waals surface area contributed by atoms with Gasteiger partial charge in [0.05, 0.1) is 5.69 Å². The van der Waals surface area contributed by atoms with E-state index in [4.69, 9.17) is 0 Å². The van der Waals surface area contributed by atoms with Crippen LogP contribution in [0.5, 0.6) is 0 Å². The van der Waals surface area contributed by atoms with Crippen LogP contribution in [-0.4, -0.2) is 37.8 Å². The van der Waals surface area contributed by atoms with Crippen molar-refractivity contribution in [3.63, 3.8) is 0 Å². The number of amides is 2. The van der Waals surface area contributed by atoms with Gasteiger partial charge in [-0.2, -0.15) is 10.2 Å². The number of anilines is 1. The van der Waals surface area contributed by atoms with Crippen molar-refractivity contribution >= 4 is 17.5 Å². The van der Waals surface area contributed by atoms with Gasteiger partial charge in [-0.3, -0.25) is 19.4 Å². The Bertz CT molecular complexity index is 1530. The summed E-state index contributed by atoms with van der Waals surface area (Å²) in [4.78, 5) is 27.1. The first-order chi connectivity index (χ1) is 18.3. The third kappa shape index (κ3) is 4.08. The number of hydrogen-bond donors (Lipinski definition) is 3. The molecule has 2 aliphatic carbocycles. The van der Waals surface area contributed by atoms with Crippen LogP contribution in [0, 0.1) is 25.1 Å². The third-order valence-corrected chi connectivity index (χ3v) is 8.06. The summed E-state index contributed by atoms with van der Waals surface area (Å²) < 4.78 is 15.5. The van der Waals surface area contributed by atoms with Gasteiger partial charge < -0.3 is 10.6 Å². The van der Waals surface area contributed by atoms with E-state index in [1.807, 2.05) is 38.1 Å². The van der Waals surface area contributed by atoms with Crippen LogP contribution in [0.2, 0.25) is 0 Å². The van der Waals surface area contributed by atoms with Crippen LogP contribution < -0.4 is 10.6 Å². The molecule has 2 aromatic heterocycles. The Morgan fingerprint density at radius 2 is 1.89 bits per heavy atom. The van der Waals surface area contributed by atoms with Gasteiger partial charge in [-0.25, -0.2) is 4.39 Å². The Labute approximate surface area is 219 Å². The van der Waals surface area contributed by atoms with Crippen molar-refractivity contribution in [1.29, 1.82) is 0 Å². The highest BCUT2D eigenvalue weighted by molar-refractivity contribution is 6.01. The first kappa shape index (κ1) is 24.1. The number of H-pyrrole nitrogens is 1. The Morgan fingerprint density at radius 3 is 2.53 bits per heavy atom. The van der Waals surface area contributed by atoms with E-state index in [0.717, 1.165) is 46.5 Å². The highest BCUT2D eigenvalue weighted by Gasteiger charge is 2.58. The minimum atomic E-state index is -0.843. The van der Waals surface area contributed by atoms with Crippen LogP contribution in [0.25, 0.3) is 11.1 Å². The van der Waals surface area contributed by atoms with Gasteiger partial charge in [0.25, 0.3) is 5.91 Å². The number of halogens is 1. The summed E-state index contributed by atoms with van der Waals surface area (Å²) in [6, 6.07) is 13.1. The van der Waals surface area contributed by atoms with Crippen molar-refractivity contribution in [1.82, 2.24) is 25.3 Å². The van der Waals surface area contributed by atoms with Crippen molar-refractivity contribution < 1.29 is 14.0 Å². The number of benzene rings is 2. The number of aryl methyl sites for hydroxylation is 3. The molecule has 194 valence electrons. The van der Waals surface area contributed by atoms with E-state index in [-0.39, 0.29) is 29.0 Å². The fourth-order valence-corrected chi connectivity index (χ4v) is 6.06. The number of hydrogen-bond acceptors (Lipinski definition) is 4. The van der Waals surface area contributed by atoms with E-state index >= 15 is 0 Å². The van der Waals surface area contributed by atoms with E-state index in [2.05, 4.69) is 25.9 Å². The maximum Gasteiger partial charge on any atom is 0.270 e. The summed E-state index contributed by atoms with van der Waals surface area (Å²) in [6.07, 6.45) is 4.11. The zero-order valence-electron chi connectivity index (χ0n) is 21.5. The molecule has 1 spiro atoms. The molecule has 1 saturated carbocycles. The predicted molar refractivity (Wildman–Crippen MR) is 141 cm³/mol. The molecule has 2 atom stereocenters. The van der Waals surface area contributed by atoms with Gasteiger partial charge in [0.2, 0.25) is 5.91 Å². The van der Waals surface area contributed by atoms with Gasteiger partial charge in [0.1, 0.15) is 17.6 Å². The molecular formula is C29H29FN6O2. The van der Waals surface area contributed by atoms with Crippen molar-refractivity contribution in [2.75, 3.05) is 5.32 Å². The summed E-state index contributed by atoms with van der Waals surface area (Å²) in [5.41, 5.74) is 6.58. The molecule has 2 aromatic carbocycles. The highest BCUT2D eigenvalue weighted by atomic mass is 19.1. The fraction of sp³-hybridized carbons (Fsp3) is 0.310. The lowest BCUT2D eigenvalue weighted by molar-refractivity contribution is -0.118. The molecule has 0 bridgehead atoms. The van der Waals surface area contributed by atoms with Crippen LogP contribution in [0.3, 0.4) is 0 Å². The molecule has 0 radical (unpaired) electrons. The Balaban J connectivity index is 1.32. The SMILES string of the molecule is Cc1n[nH]c(C)c1-c1ccc(NC(=O)[C@@H](NC(=O)c2ccnn2C)C2c3ccc(F)cc3CC23CC3)cc1. The second-order valence-electron chi connectivity index (χ2n) is 10.5. The van der Waals surface area contributed by atoms with Gasteiger partial charge in [-0.1, -0.05) is 18.2 Å². The summed E-state index contributed by atoms with van der Waals surface area (Å²) in [5, 5.41) is 17.4. The number of nitrogens with one attached hydrogen (secondary N) is 3. The van der Waals surface area contributed by atoms with Crippen molar-refractivity contribution in [3.8, 4) is 11.1 Å². The first-order valence-corrected chi connectivity index (χ1v) is 12.8. The molecule has 0 aliphatic heterocycles. The standard InChI is InChI=1S/C29H29FN6O2/c1-16-24(17(2)35-34-16)18-4-7-21(8-5-18)32-28(38)26(33-27(37)23-10-13-31-36(23)3)25-22-9-6-20(30)14-19(22)15-29(25)11-12-29/h4-10,13-14,25-26H,11-12,15H2,1-3H3,(H,32,38)(H,33,37)(H,34,35)/t25?,26-/m0/s1. The maximum absolute atomic E-state index is 14.1. The first-order valence-electron chi connectivity index (χ1n) is 12.8. The Hall–Kier alpha value is -4.27. The number of nitrogens with zero attached hydrogens (tertiary/aromatic N) is 3. The minimum absolute atomic E-state index is 0.155. The summed E-state index contributed by atoms with van der Waals surface area (Å²) in [5.74, 6) is -1.23. The zero-order chi connectivity index (χ0) is 26.6. The second kappa shape index (κ2) is 8.93. The van der Waals surface area contributed by atoms with Crippen molar-refractivity contribution in [2.45, 2.75) is 45.1 Å². The van der Waals surface area contributed by atoms with E-state index in [1.165, 1.54) is 10.7 Å².